The molecule has 0 aliphatic carbocycles. The molecule has 3 N–H and O–H groups in total. The van der Waals surface area contributed by atoms with Gasteiger partial charge in [-0.15, -0.1) is 12.4 Å². The molecule has 1 fully saturated rings. The van der Waals surface area contributed by atoms with Crippen LogP contribution in [0.3, 0.4) is 0 Å². The van der Waals surface area contributed by atoms with Gasteiger partial charge in [0.05, 0.1) is 0 Å². The summed E-state index contributed by atoms with van der Waals surface area (Å²) < 4.78 is 5.32. The van der Waals surface area contributed by atoms with E-state index in [1.165, 1.54) is 0 Å². The van der Waals surface area contributed by atoms with Crippen molar-refractivity contribution in [1.29, 1.82) is 0 Å². The molecule has 1 aromatic rings. The van der Waals surface area contributed by atoms with Gasteiger partial charge in [-0.25, -0.2) is 0 Å². The number of phenolic OH excluding ortho intramolecular Hbond substituents is 1. The molecule has 3 nitrogen and oxygen atoms in total. The fourth-order valence-corrected chi connectivity index (χ4v) is 2.27. The molecular weight excluding hydrogens is 238 g/mol. The lowest BCUT2D eigenvalue weighted by Crippen LogP contribution is -2.27. The predicted octanol–water partition coefficient (Wildman–Crippen LogP) is 2.55. The number of hydrogen-bond donors (Lipinski definition) is 2. The minimum Gasteiger partial charge on any atom is -0.508 e. The number of aryl methyl sites for hydroxylation is 1. The van der Waals surface area contributed by atoms with Crippen molar-refractivity contribution in [3.63, 3.8) is 0 Å². The standard InChI is InChI=1S/C13H19NO2.ClH/c1-9-2-3-12(15)11(8-9)13(14)10-4-6-16-7-5-10;/h2-3,8,10,13,15H,4-7,14H2,1H3;1H/t13-;/m1./s1. The van der Waals surface area contributed by atoms with Crippen molar-refractivity contribution in [3.8, 4) is 5.75 Å². The SMILES string of the molecule is Cc1ccc(O)c([C@H](N)C2CCOCC2)c1.Cl. The second-order valence-corrected chi connectivity index (χ2v) is 4.54. The van der Waals surface area contributed by atoms with Crippen LogP contribution in [0.1, 0.15) is 30.0 Å². The van der Waals surface area contributed by atoms with Crippen molar-refractivity contribution in [3.05, 3.63) is 29.3 Å². The first-order valence-corrected chi connectivity index (χ1v) is 5.81. The fourth-order valence-electron chi connectivity index (χ4n) is 2.27. The first-order chi connectivity index (χ1) is 7.68. The van der Waals surface area contributed by atoms with E-state index in [2.05, 4.69) is 0 Å². The number of aromatic hydroxyl groups is 1. The summed E-state index contributed by atoms with van der Waals surface area (Å²) in [7, 11) is 0. The predicted molar refractivity (Wildman–Crippen MR) is 70.6 cm³/mol. The Morgan fingerprint density at radius 3 is 2.65 bits per heavy atom. The van der Waals surface area contributed by atoms with Gasteiger partial charge in [0.1, 0.15) is 5.75 Å². The number of ether oxygens (including phenoxy) is 1. The lowest BCUT2D eigenvalue weighted by Gasteiger charge is -2.28. The van der Waals surface area contributed by atoms with Crippen LogP contribution in [0.15, 0.2) is 18.2 Å². The molecule has 0 bridgehead atoms. The highest BCUT2D eigenvalue weighted by atomic mass is 35.5. The number of hydrogen-bond acceptors (Lipinski definition) is 3. The van der Waals surface area contributed by atoms with E-state index < -0.39 is 0 Å². The molecular formula is C13H20ClNO2. The smallest absolute Gasteiger partial charge is 0.120 e. The molecule has 17 heavy (non-hydrogen) atoms. The Morgan fingerprint density at radius 1 is 1.35 bits per heavy atom. The van der Waals surface area contributed by atoms with Crippen LogP contribution >= 0.6 is 12.4 Å². The first kappa shape index (κ1) is 14.3. The second-order valence-electron chi connectivity index (χ2n) is 4.54. The number of nitrogens with two attached hydrogens (primary N) is 1. The van der Waals surface area contributed by atoms with Gasteiger partial charge in [-0.3, -0.25) is 0 Å². The summed E-state index contributed by atoms with van der Waals surface area (Å²) in [5, 5.41) is 9.82. The van der Waals surface area contributed by atoms with E-state index in [-0.39, 0.29) is 18.4 Å². The van der Waals surface area contributed by atoms with Crippen LogP contribution in [0.2, 0.25) is 0 Å². The van der Waals surface area contributed by atoms with Crippen molar-refractivity contribution in [2.24, 2.45) is 11.7 Å². The molecule has 2 rings (SSSR count). The molecule has 1 aromatic carbocycles. The van der Waals surface area contributed by atoms with E-state index in [1.807, 2.05) is 19.1 Å². The zero-order valence-corrected chi connectivity index (χ0v) is 10.9. The first-order valence-electron chi connectivity index (χ1n) is 5.81. The van der Waals surface area contributed by atoms with Gasteiger partial charge in [0.25, 0.3) is 0 Å². The fraction of sp³-hybridized carbons (Fsp3) is 0.538. The van der Waals surface area contributed by atoms with Crippen LogP contribution in [0, 0.1) is 12.8 Å². The zero-order chi connectivity index (χ0) is 11.5. The van der Waals surface area contributed by atoms with Gasteiger partial charge < -0.3 is 15.6 Å². The Morgan fingerprint density at radius 2 is 2.00 bits per heavy atom. The molecule has 96 valence electrons. The third-order valence-corrected chi connectivity index (χ3v) is 3.32. The minimum atomic E-state index is -0.0798. The van der Waals surface area contributed by atoms with E-state index in [0.717, 1.165) is 37.2 Å². The Hall–Kier alpha value is -0.770. The zero-order valence-electron chi connectivity index (χ0n) is 10.1. The number of halogens is 1. The van der Waals surface area contributed by atoms with Gasteiger partial charge in [0.2, 0.25) is 0 Å². The third-order valence-electron chi connectivity index (χ3n) is 3.32. The Labute approximate surface area is 108 Å². The highest BCUT2D eigenvalue weighted by Crippen LogP contribution is 2.33. The summed E-state index contributed by atoms with van der Waals surface area (Å²) in [4.78, 5) is 0. The van der Waals surface area contributed by atoms with E-state index in [1.54, 1.807) is 6.07 Å². The maximum Gasteiger partial charge on any atom is 0.120 e. The van der Waals surface area contributed by atoms with E-state index in [9.17, 15) is 5.11 Å². The van der Waals surface area contributed by atoms with Crippen LogP contribution in [-0.2, 0) is 4.74 Å². The quantitative estimate of drug-likeness (QED) is 0.856. The number of phenols is 1. The highest BCUT2D eigenvalue weighted by Gasteiger charge is 2.24. The Balaban J connectivity index is 0.00000144. The van der Waals surface area contributed by atoms with Gasteiger partial charge in [0.15, 0.2) is 0 Å². The summed E-state index contributed by atoms with van der Waals surface area (Å²) in [5.74, 6) is 0.728. The number of rotatable bonds is 2. The lowest BCUT2D eigenvalue weighted by atomic mass is 9.87. The van der Waals surface area contributed by atoms with Crippen molar-refractivity contribution < 1.29 is 9.84 Å². The molecule has 0 aromatic heterocycles. The van der Waals surface area contributed by atoms with Crippen molar-refractivity contribution in [2.75, 3.05) is 13.2 Å². The average Bonchev–Trinajstić information content (AvgIpc) is 2.32. The molecule has 1 saturated heterocycles. The van der Waals surface area contributed by atoms with Crippen LogP contribution in [0.5, 0.6) is 5.75 Å². The monoisotopic (exact) mass is 257 g/mol. The van der Waals surface area contributed by atoms with E-state index in [0.29, 0.717) is 11.7 Å². The summed E-state index contributed by atoms with van der Waals surface area (Å²) >= 11 is 0. The molecule has 0 unspecified atom stereocenters. The van der Waals surface area contributed by atoms with Crippen molar-refractivity contribution in [1.82, 2.24) is 0 Å². The normalized spacial score (nSPS) is 18.5. The number of benzene rings is 1. The third kappa shape index (κ3) is 3.35. The summed E-state index contributed by atoms with van der Waals surface area (Å²) in [6, 6.07) is 5.53. The van der Waals surface area contributed by atoms with Gasteiger partial charge in [0, 0.05) is 24.8 Å². The van der Waals surface area contributed by atoms with Crippen LogP contribution in [0.25, 0.3) is 0 Å². The van der Waals surface area contributed by atoms with Crippen LogP contribution in [0.4, 0.5) is 0 Å². The minimum absolute atomic E-state index is 0. The van der Waals surface area contributed by atoms with Gasteiger partial charge in [-0.05, 0) is 31.7 Å². The average molecular weight is 258 g/mol. The summed E-state index contributed by atoms with van der Waals surface area (Å²) in [6.45, 7) is 3.58. The maximum absolute atomic E-state index is 9.82. The van der Waals surface area contributed by atoms with Gasteiger partial charge >= 0.3 is 0 Å². The van der Waals surface area contributed by atoms with Gasteiger partial charge in [-0.1, -0.05) is 17.7 Å². The largest absolute Gasteiger partial charge is 0.508 e. The molecule has 1 heterocycles. The second kappa shape index (κ2) is 6.24. The molecule has 0 amide bonds. The molecule has 0 spiro atoms. The summed E-state index contributed by atoms with van der Waals surface area (Å²) in [6.07, 6.45) is 1.96. The maximum atomic E-state index is 9.82. The molecule has 0 radical (unpaired) electrons. The molecule has 1 aliphatic heterocycles. The highest BCUT2D eigenvalue weighted by molar-refractivity contribution is 5.85. The van der Waals surface area contributed by atoms with Crippen LogP contribution < -0.4 is 5.73 Å². The van der Waals surface area contributed by atoms with E-state index in [4.69, 9.17) is 10.5 Å². The van der Waals surface area contributed by atoms with Crippen molar-refractivity contribution >= 4 is 12.4 Å². The van der Waals surface area contributed by atoms with Crippen LogP contribution in [-0.4, -0.2) is 18.3 Å². The summed E-state index contributed by atoms with van der Waals surface area (Å²) in [5.41, 5.74) is 8.23. The van der Waals surface area contributed by atoms with E-state index >= 15 is 0 Å². The van der Waals surface area contributed by atoms with Crippen molar-refractivity contribution in [2.45, 2.75) is 25.8 Å². The van der Waals surface area contributed by atoms with Gasteiger partial charge in [-0.2, -0.15) is 0 Å². The molecule has 1 aliphatic rings. The Bertz CT molecular complexity index is 364. The topological polar surface area (TPSA) is 55.5 Å². The molecule has 4 heteroatoms. The molecule has 0 saturated carbocycles. The molecule has 1 atom stereocenters. The Kier molecular flexibility index (Phi) is 5.25. The lowest BCUT2D eigenvalue weighted by molar-refractivity contribution is 0.0581.